The van der Waals surface area contributed by atoms with Crippen molar-refractivity contribution in [2.24, 2.45) is 0 Å². The van der Waals surface area contributed by atoms with E-state index in [1.165, 1.54) is 6.07 Å². The Bertz CT molecular complexity index is 588. The lowest BCUT2D eigenvalue weighted by atomic mass is 9.80. The summed E-state index contributed by atoms with van der Waals surface area (Å²) in [6, 6.07) is 5.10. The number of carbonyl (C=O) groups is 1. The number of hydrogen-bond acceptors (Lipinski definition) is 2. The number of likely N-dealkylation sites (tertiary alicyclic amines) is 1. The van der Waals surface area contributed by atoms with Crippen molar-refractivity contribution in [2.75, 3.05) is 25.0 Å². The first-order valence-corrected chi connectivity index (χ1v) is 7.47. The predicted octanol–water partition coefficient (Wildman–Crippen LogP) is 2.89. The fourth-order valence-electron chi connectivity index (χ4n) is 3.36. The molecule has 21 heavy (non-hydrogen) atoms. The summed E-state index contributed by atoms with van der Waals surface area (Å²) in [5.41, 5.74) is 1.09. The molecule has 0 atom stereocenters. The topological polar surface area (TPSA) is 23.6 Å². The second-order valence-corrected chi connectivity index (χ2v) is 6.24. The van der Waals surface area contributed by atoms with Crippen LogP contribution in [0.4, 0.5) is 10.1 Å². The number of piperidine rings is 1. The molecular formula is C17H21FN2O. The zero-order valence-corrected chi connectivity index (χ0v) is 12.6. The summed E-state index contributed by atoms with van der Waals surface area (Å²) in [5, 5.41) is 0. The van der Waals surface area contributed by atoms with Crippen LogP contribution in [0, 0.1) is 12.7 Å². The van der Waals surface area contributed by atoms with Crippen molar-refractivity contribution in [3.63, 3.8) is 0 Å². The van der Waals surface area contributed by atoms with Gasteiger partial charge in [-0.1, -0.05) is 12.1 Å². The monoisotopic (exact) mass is 288 g/mol. The zero-order chi connectivity index (χ0) is 15.0. The van der Waals surface area contributed by atoms with Crippen molar-refractivity contribution >= 4 is 11.6 Å². The van der Waals surface area contributed by atoms with Gasteiger partial charge in [0.2, 0.25) is 0 Å². The number of hydrogen-bond donors (Lipinski definition) is 0. The Hall–Kier alpha value is -1.68. The Morgan fingerprint density at radius 2 is 1.95 bits per heavy atom. The van der Waals surface area contributed by atoms with Gasteiger partial charge in [-0.25, -0.2) is 4.39 Å². The van der Waals surface area contributed by atoms with Crippen LogP contribution < -0.4 is 4.90 Å². The van der Waals surface area contributed by atoms with Gasteiger partial charge in [-0.15, -0.1) is 0 Å². The molecular weight excluding hydrogens is 267 g/mol. The average molecular weight is 288 g/mol. The van der Waals surface area contributed by atoms with Crippen molar-refractivity contribution in [1.82, 2.24) is 4.90 Å². The van der Waals surface area contributed by atoms with Crippen LogP contribution in [-0.4, -0.2) is 36.5 Å². The SMILES string of the molecule is Cc1ccc(N2C(=O)C=CCC23CCN(C)CC3)cc1F. The van der Waals surface area contributed by atoms with Crippen molar-refractivity contribution in [2.45, 2.75) is 31.7 Å². The van der Waals surface area contributed by atoms with Gasteiger partial charge in [-0.05, 0) is 57.0 Å². The van der Waals surface area contributed by atoms with E-state index in [-0.39, 0.29) is 17.3 Å². The van der Waals surface area contributed by atoms with Crippen LogP contribution in [0.15, 0.2) is 30.4 Å². The standard InChI is InChI=1S/C17H21FN2O/c1-13-5-6-14(12-15(13)18)20-16(21)4-3-7-17(20)8-10-19(2)11-9-17/h3-6,12H,7-11H2,1-2H3. The van der Waals surface area contributed by atoms with Crippen LogP contribution in [0.1, 0.15) is 24.8 Å². The minimum absolute atomic E-state index is 0.0333. The number of carbonyl (C=O) groups excluding carboxylic acids is 1. The third kappa shape index (κ3) is 2.48. The first-order valence-electron chi connectivity index (χ1n) is 7.47. The van der Waals surface area contributed by atoms with E-state index in [4.69, 9.17) is 0 Å². The normalized spacial score (nSPS) is 22.0. The number of benzene rings is 1. The van der Waals surface area contributed by atoms with E-state index in [1.807, 2.05) is 17.0 Å². The first kappa shape index (κ1) is 14.3. The highest BCUT2D eigenvalue weighted by Gasteiger charge is 2.43. The van der Waals surface area contributed by atoms with Gasteiger partial charge in [0, 0.05) is 18.8 Å². The molecule has 3 nitrogen and oxygen atoms in total. The van der Waals surface area contributed by atoms with Crippen LogP contribution in [0.2, 0.25) is 0 Å². The van der Waals surface area contributed by atoms with E-state index < -0.39 is 0 Å². The Labute approximate surface area is 125 Å². The molecule has 0 bridgehead atoms. The fourth-order valence-corrected chi connectivity index (χ4v) is 3.36. The average Bonchev–Trinajstić information content (AvgIpc) is 2.46. The van der Waals surface area contributed by atoms with E-state index in [2.05, 4.69) is 11.9 Å². The van der Waals surface area contributed by atoms with Crippen molar-refractivity contribution in [3.05, 3.63) is 41.7 Å². The van der Waals surface area contributed by atoms with Gasteiger partial charge in [-0.2, -0.15) is 0 Å². The summed E-state index contributed by atoms with van der Waals surface area (Å²) in [5.74, 6) is -0.285. The summed E-state index contributed by atoms with van der Waals surface area (Å²) in [6.07, 6.45) is 6.28. The Morgan fingerprint density at radius 1 is 1.24 bits per heavy atom. The van der Waals surface area contributed by atoms with E-state index in [9.17, 15) is 9.18 Å². The summed E-state index contributed by atoms with van der Waals surface area (Å²) < 4.78 is 13.9. The molecule has 0 unspecified atom stereocenters. The van der Waals surface area contributed by atoms with E-state index in [1.54, 1.807) is 19.1 Å². The third-order valence-electron chi connectivity index (χ3n) is 4.78. The highest BCUT2D eigenvalue weighted by molar-refractivity contribution is 6.03. The van der Waals surface area contributed by atoms with E-state index in [0.717, 1.165) is 32.4 Å². The third-order valence-corrected chi connectivity index (χ3v) is 4.78. The lowest BCUT2D eigenvalue weighted by Crippen LogP contribution is -2.58. The number of halogens is 1. The maximum absolute atomic E-state index is 13.9. The fraction of sp³-hybridized carbons (Fsp3) is 0.471. The lowest BCUT2D eigenvalue weighted by molar-refractivity contribution is -0.116. The Kier molecular flexibility index (Phi) is 3.57. The maximum Gasteiger partial charge on any atom is 0.251 e. The molecule has 1 spiro atoms. The van der Waals surface area contributed by atoms with Gasteiger partial charge >= 0.3 is 0 Å². The molecule has 1 aromatic carbocycles. The predicted molar refractivity (Wildman–Crippen MR) is 81.8 cm³/mol. The summed E-state index contributed by atoms with van der Waals surface area (Å²) in [6.45, 7) is 3.67. The highest BCUT2D eigenvalue weighted by atomic mass is 19.1. The molecule has 0 aromatic heterocycles. The first-order chi connectivity index (χ1) is 10.0. The number of rotatable bonds is 1. The molecule has 0 saturated carbocycles. The molecule has 2 heterocycles. The zero-order valence-electron chi connectivity index (χ0n) is 12.6. The Morgan fingerprint density at radius 3 is 2.62 bits per heavy atom. The quantitative estimate of drug-likeness (QED) is 0.793. The molecule has 1 saturated heterocycles. The lowest BCUT2D eigenvalue weighted by Gasteiger charge is -2.49. The van der Waals surface area contributed by atoms with Gasteiger partial charge in [0.25, 0.3) is 5.91 Å². The smallest absolute Gasteiger partial charge is 0.251 e. The largest absolute Gasteiger partial charge is 0.306 e. The molecule has 3 rings (SSSR count). The molecule has 2 aliphatic rings. The van der Waals surface area contributed by atoms with Gasteiger partial charge in [-0.3, -0.25) is 4.79 Å². The van der Waals surface area contributed by atoms with Crippen LogP contribution in [0.25, 0.3) is 0 Å². The van der Waals surface area contributed by atoms with Crippen LogP contribution >= 0.6 is 0 Å². The molecule has 1 aromatic rings. The van der Waals surface area contributed by atoms with Crippen molar-refractivity contribution in [1.29, 1.82) is 0 Å². The highest BCUT2D eigenvalue weighted by Crippen LogP contribution is 2.38. The van der Waals surface area contributed by atoms with E-state index in [0.29, 0.717) is 11.3 Å². The summed E-state index contributed by atoms with van der Waals surface area (Å²) in [7, 11) is 2.10. The Balaban J connectivity index is 2.01. The van der Waals surface area contributed by atoms with Gasteiger partial charge in [0.15, 0.2) is 0 Å². The molecule has 0 aliphatic carbocycles. The van der Waals surface area contributed by atoms with Gasteiger partial charge in [0.05, 0.1) is 5.54 Å². The minimum Gasteiger partial charge on any atom is -0.306 e. The van der Waals surface area contributed by atoms with Crippen LogP contribution in [-0.2, 0) is 4.79 Å². The second-order valence-electron chi connectivity index (χ2n) is 6.24. The van der Waals surface area contributed by atoms with Crippen molar-refractivity contribution < 1.29 is 9.18 Å². The minimum atomic E-state index is -0.252. The number of aryl methyl sites for hydroxylation is 1. The molecule has 4 heteroatoms. The number of nitrogens with zero attached hydrogens (tertiary/aromatic N) is 2. The van der Waals surface area contributed by atoms with Gasteiger partial charge < -0.3 is 9.80 Å². The molecule has 0 radical (unpaired) electrons. The van der Waals surface area contributed by atoms with Crippen molar-refractivity contribution in [3.8, 4) is 0 Å². The van der Waals surface area contributed by atoms with Crippen LogP contribution in [0.3, 0.4) is 0 Å². The van der Waals surface area contributed by atoms with Gasteiger partial charge in [0.1, 0.15) is 5.82 Å². The molecule has 1 amide bonds. The number of anilines is 1. The molecule has 0 N–H and O–H groups in total. The summed E-state index contributed by atoms with van der Waals surface area (Å²) in [4.78, 5) is 16.6. The van der Waals surface area contributed by atoms with E-state index >= 15 is 0 Å². The van der Waals surface area contributed by atoms with Crippen LogP contribution in [0.5, 0.6) is 0 Å². The molecule has 112 valence electrons. The molecule has 2 aliphatic heterocycles. The maximum atomic E-state index is 13.9. The second kappa shape index (κ2) is 5.26. The number of amides is 1. The molecule has 1 fully saturated rings. The summed E-state index contributed by atoms with van der Waals surface area (Å²) >= 11 is 0.